The zero-order valence-electron chi connectivity index (χ0n) is 9.74. The molecule has 0 aliphatic heterocycles. The van der Waals surface area contributed by atoms with Gasteiger partial charge in [-0.3, -0.25) is 9.78 Å². The molecular formula is C12H15N3O. The molecule has 0 aromatic carbocycles. The number of nitrogens with one attached hydrogen (secondary N) is 1. The molecule has 0 spiro atoms. The van der Waals surface area contributed by atoms with Crippen molar-refractivity contribution in [3.63, 3.8) is 0 Å². The van der Waals surface area contributed by atoms with Crippen molar-refractivity contribution in [3.8, 4) is 11.8 Å². The summed E-state index contributed by atoms with van der Waals surface area (Å²) in [5.74, 6) is 5.58. The summed E-state index contributed by atoms with van der Waals surface area (Å²) in [5.41, 5.74) is 1.28. The van der Waals surface area contributed by atoms with Crippen LogP contribution < -0.4 is 5.32 Å². The largest absolute Gasteiger partial charge is 0.374 e. The predicted molar refractivity (Wildman–Crippen MR) is 64.2 cm³/mol. The average molecular weight is 217 g/mol. The van der Waals surface area contributed by atoms with Gasteiger partial charge in [-0.1, -0.05) is 5.92 Å². The van der Waals surface area contributed by atoms with E-state index in [1.165, 1.54) is 4.90 Å². The van der Waals surface area contributed by atoms with Gasteiger partial charge < -0.3 is 10.2 Å². The van der Waals surface area contributed by atoms with Crippen LogP contribution in [0.5, 0.6) is 0 Å². The quantitative estimate of drug-likeness (QED) is 0.774. The third-order valence-corrected chi connectivity index (χ3v) is 1.94. The lowest BCUT2D eigenvalue weighted by Crippen LogP contribution is -2.22. The van der Waals surface area contributed by atoms with Crippen LogP contribution in [-0.2, 0) is 0 Å². The van der Waals surface area contributed by atoms with Gasteiger partial charge in [0.05, 0.1) is 6.54 Å². The molecule has 0 saturated carbocycles. The summed E-state index contributed by atoms with van der Waals surface area (Å²) >= 11 is 0. The van der Waals surface area contributed by atoms with Gasteiger partial charge in [-0.05, 0) is 19.1 Å². The third kappa shape index (κ3) is 3.28. The Balaban J connectivity index is 2.77. The molecule has 4 heteroatoms. The molecule has 0 aliphatic rings. The highest BCUT2D eigenvalue weighted by Crippen LogP contribution is 2.08. The molecule has 1 rings (SSSR count). The van der Waals surface area contributed by atoms with Gasteiger partial charge in [-0.25, -0.2) is 0 Å². The van der Waals surface area contributed by atoms with Crippen LogP contribution in [0.3, 0.4) is 0 Å². The minimum Gasteiger partial charge on any atom is -0.374 e. The molecule has 0 bridgehead atoms. The summed E-state index contributed by atoms with van der Waals surface area (Å²) in [5, 5.41) is 3.10. The number of anilines is 1. The van der Waals surface area contributed by atoms with Crippen molar-refractivity contribution in [2.24, 2.45) is 0 Å². The first kappa shape index (κ1) is 12.1. The average Bonchev–Trinajstić information content (AvgIpc) is 2.29. The van der Waals surface area contributed by atoms with Crippen molar-refractivity contribution in [3.05, 3.63) is 24.0 Å². The first-order chi connectivity index (χ1) is 7.65. The maximum atomic E-state index is 11.6. The van der Waals surface area contributed by atoms with Crippen molar-refractivity contribution in [2.75, 3.05) is 26.0 Å². The molecule has 0 atom stereocenters. The molecule has 0 radical (unpaired) electrons. The van der Waals surface area contributed by atoms with Gasteiger partial charge in [-0.15, -0.1) is 5.92 Å². The Bertz CT molecular complexity index is 429. The lowest BCUT2D eigenvalue weighted by molar-refractivity contribution is 0.0822. The number of hydrogen-bond acceptors (Lipinski definition) is 3. The number of carbonyl (C=O) groups is 1. The number of hydrogen-bond donors (Lipinski definition) is 1. The minimum atomic E-state index is -0.106. The molecule has 16 heavy (non-hydrogen) atoms. The fraction of sp³-hybridized carbons (Fsp3) is 0.333. The fourth-order valence-corrected chi connectivity index (χ4v) is 1.12. The number of rotatable bonds is 3. The molecular weight excluding hydrogens is 202 g/mol. The first-order valence-electron chi connectivity index (χ1n) is 4.96. The van der Waals surface area contributed by atoms with E-state index in [-0.39, 0.29) is 5.91 Å². The van der Waals surface area contributed by atoms with Crippen LogP contribution in [0.25, 0.3) is 0 Å². The van der Waals surface area contributed by atoms with E-state index in [2.05, 4.69) is 22.1 Å². The SMILES string of the molecule is CC#CCNc1ccnc(C(=O)N(C)C)c1. The normalized spacial score (nSPS) is 8.94. The van der Waals surface area contributed by atoms with Gasteiger partial charge in [0, 0.05) is 26.0 Å². The summed E-state index contributed by atoms with van der Waals surface area (Å²) in [7, 11) is 3.40. The molecule has 0 unspecified atom stereocenters. The Morgan fingerprint density at radius 2 is 2.31 bits per heavy atom. The van der Waals surface area contributed by atoms with E-state index in [1.54, 1.807) is 33.3 Å². The third-order valence-electron chi connectivity index (χ3n) is 1.94. The van der Waals surface area contributed by atoms with E-state index in [1.807, 2.05) is 6.07 Å². The number of carbonyl (C=O) groups excluding carboxylic acids is 1. The second-order valence-electron chi connectivity index (χ2n) is 3.41. The first-order valence-corrected chi connectivity index (χ1v) is 4.96. The molecule has 84 valence electrons. The van der Waals surface area contributed by atoms with Crippen LogP contribution in [0, 0.1) is 11.8 Å². The van der Waals surface area contributed by atoms with Crippen LogP contribution in [0.2, 0.25) is 0 Å². The zero-order valence-corrected chi connectivity index (χ0v) is 9.74. The Labute approximate surface area is 95.7 Å². The second-order valence-corrected chi connectivity index (χ2v) is 3.41. The Morgan fingerprint density at radius 1 is 1.56 bits per heavy atom. The van der Waals surface area contributed by atoms with Gasteiger partial charge in [0.1, 0.15) is 5.69 Å². The van der Waals surface area contributed by atoms with E-state index >= 15 is 0 Å². The summed E-state index contributed by atoms with van der Waals surface area (Å²) in [6.07, 6.45) is 1.61. The molecule has 0 aliphatic carbocycles. The smallest absolute Gasteiger partial charge is 0.272 e. The molecule has 4 nitrogen and oxygen atoms in total. The van der Waals surface area contributed by atoms with Crippen LogP contribution in [-0.4, -0.2) is 36.4 Å². The molecule has 1 aromatic rings. The van der Waals surface area contributed by atoms with Gasteiger partial charge in [0.15, 0.2) is 0 Å². The van der Waals surface area contributed by atoms with Gasteiger partial charge in [0.25, 0.3) is 5.91 Å². The van der Waals surface area contributed by atoms with Crippen LogP contribution in [0.15, 0.2) is 18.3 Å². The van der Waals surface area contributed by atoms with E-state index in [4.69, 9.17) is 0 Å². The standard InChI is InChI=1S/C12H15N3O/c1-4-5-7-13-10-6-8-14-11(9-10)12(16)15(2)3/h6,8-9H,7H2,1-3H3,(H,13,14). The Hall–Kier alpha value is -2.02. The van der Waals surface area contributed by atoms with E-state index < -0.39 is 0 Å². The maximum Gasteiger partial charge on any atom is 0.272 e. The summed E-state index contributed by atoms with van der Waals surface area (Å²) in [6.45, 7) is 2.35. The molecule has 0 saturated heterocycles. The van der Waals surface area contributed by atoms with Crippen molar-refractivity contribution >= 4 is 11.6 Å². The van der Waals surface area contributed by atoms with Crippen LogP contribution in [0.1, 0.15) is 17.4 Å². The minimum absolute atomic E-state index is 0.106. The number of pyridine rings is 1. The Morgan fingerprint density at radius 3 is 2.94 bits per heavy atom. The molecule has 1 amide bonds. The summed E-state index contributed by atoms with van der Waals surface area (Å²) < 4.78 is 0. The highest BCUT2D eigenvalue weighted by atomic mass is 16.2. The van der Waals surface area contributed by atoms with Crippen LogP contribution in [0.4, 0.5) is 5.69 Å². The summed E-state index contributed by atoms with van der Waals surface area (Å²) in [6, 6.07) is 3.53. The van der Waals surface area contributed by atoms with Crippen molar-refractivity contribution in [2.45, 2.75) is 6.92 Å². The maximum absolute atomic E-state index is 11.6. The topological polar surface area (TPSA) is 45.2 Å². The highest BCUT2D eigenvalue weighted by molar-refractivity contribution is 5.92. The highest BCUT2D eigenvalue weighted by Gasteiger charge is 2.09. The number of nitrogens with zero attached hydrogens (tertiary/aromatic N) is 2. The zero-order chi connectivity index (χ0) is 12.0. The van der Waals surface area contributed by atoms with E-state index in [0.29, 0.717) is 12.2 Å². The van der Waals surface area contributed by atoms with Gasteiger partial charge >= 0.3 is 0 Å². The van der Waals surface area contributed by atoms with Crippen molar-refractivity contribution < 1.29 is 4.79 Å². The van der Waals surface area contributed by atoms with Crippen molar-refractivity contribution in [1.82, 2.24) is 9.88 Å². The van der Waals surface area contributed by atoms with Crippen molar-refractivity contribution in [1.29, 1.82) is 0 Å². The van der Waals surface area contributed by atoms with Gasteiger partial charge in [-0.2, -0.15) is 0 Å². The molecule has 1 N–H and O–H groups in total. The van der Waals surface area contributed by atoms with E-state index in [0.717, 1.165) is 5.69 Å². The monoisotopic (exact) mass is 217 g/mol. The lowest BCUT2D eigenvalue weighted by atomic mass is 10.3. The van der Waals surface area contributed by atoms with Gasteiger partial charge in [0.2, 0.25) is 0 Å². The fourth-order valence-electron chi connectivity index (χ4n) is 1.12. The number of aromatic nitrogens is 1. The van der Waals surface area contributed by atoms with Crippen LogP contribution >= 0.6 is 0 Å². The molecule has 1 heterocycles. The Kier molecular flexibility index (Phi) is 4.34. The predicted octanol–water partition coefficient (Wildman–Crippen LogP) is 1.22. The van der Waals surface area contributed by atoms with E-state index in [9.17, 15) is 4.79 Å². The lowest BCUT2D eigenvalue weighted by Gasteiger charge is -2.10. The number of amides is 1. The summed E-state index contributed by atoms with van der Waals surface area (Å²) in [4.78, 5) is 17.2. The molecule has 0 fully saturated rings. The molecule has 1 aromatic heterocycles. The second kappa shape index (κ2) is 5.76.